The van der Waals surface area contributed by atoms with Gasteiger partial charge in [0.25, 0.3) is 10.0 Å². The van der Waals surface area contributed by atoms with Crippen molar-refractivity contribution in [2.75, 3.05) is 24.5 Å². The molecule has 3 aromatic rings. The molecule has 3 aromatic carbocycles. The largest absolute Gasteiger partial charge is 0.497 e. The van der Waals surface area contributed by atoms with Gasteiger partial charge in [-0.3, -0.25) is 13.9 Å². The first kappa shape index (κ1) is 28.7. The maximum atomic E-state index is 13.9. The summed E-state index contributed by atoms with van der Waals surface area (Å²) in [6, 6.07) is 21.4. The number of nitrogens with zero attached hydrogens (tertiary/aromatic N) is 2. The minimum atomic E-state index is -4.10. The van der Waals surface area contributed by atoms with Crippen LogP contribution in [-0.4, -0.2) is 51.4 Å². The zero-order valence-electron chi connectivity index (χ0n) is 22.3. The molecule has 0 aliphatic carbocycles. The lowest BCUT2D eigenvalue weighted by molar-refractivity contribution is -0.140. The highest BCUT2D eigenvalue weighted by Gasteiger charge is 2.33. The lowest BCUT2D eigenvalue weighted by Gasteiger charge is -2.33. The fraction of sp³-hybridized carbons (Fsp3) is 0.310. The Labute approximate surface area is 225 Å². The molecule has 0 fully saturated rings. The van der Waals surface area contributed by atoms with Crippen LogP contribution in [-0.2, 0) is 26.2 Å². The van der Waals surface area contributed by atoms with Crippen molar-refractivity contribution in [2.24, 2.45) is 0 Å². The van der Waals surface area contributed by atoms with Crippen LogP contribution in [0, 0.1) is 6.92 Å². The molecule has 1 unspecified atom stereocenters. The van der Waals surface area contributed by atoms with E-state index in [1.165, 1.54) is 24.1 Å². The number of hydrogen-bond acceptors (Lipinski definition) is 5. The quantitative estimate of drug-likeness (QED) is 0.375. The molecule has 0 saturated heterocycles. The van der Waals surface area contributed by atoms with Gasteiger partial charge >= 0.3 is 0 Å². The van der Waals surface area contributed by atoms with E-state index in [1.807, 2.05) is 45.0 Å². The Morgan fingerprint density at radius 1 is 0.947 bits per heavy atom. The highest BCUT2D eigenvalue weighted by Crippen LogP contribution is 2.26. The van der Waals surface area contributed by atoms with Crippen molar-refractivity contribution < 1.29 is 22.7 Å². The van der Waals surface area contributed by atoms with Crippen molar-refractivity contribution in [1.82, 2.24) is 10.2 Å². The highest BCUT2D eigenvalue weighted by atomic mass is 32.2. The molecule has 202 valence electrons. The number of benzene rings is 3. The minimum Gasteiger partial charge on any atom is -0.497 e. The van der Waals surface area contributed by atoms with Gasteiger partial charge in [-0.05, 0) is 62.2 Å². The van der Waals surface area contributed by atoms with E-state index in [0.717, 1.165) is 15.4 Å². The summed E-state index contributed by atoms with van der Waals surface area (Å²) in [4.78, 5) is 28.4. The van der Waals surface area contributed by atoms with Crippen molar-refractivity contribution in [1.29, 1.82) is 0 Å². The van der Waals surface area contributed by atoms with Crippen LogP contribution in [0.4, 0.5) is 5.69 Å². The molecule has 0 saturated carbocycles. The summed E-state index contributed by atoms with van der Waals surface area (Å²) < 4.78 is 33.8. The molecule has 0 aliphatic rings. The van der Waals surface area contributed by atoms with Crippen LogP contribution in [0.25, 0.3) is 0 Å². The van der Waals surface area contributed by atoms with Crippen molar-refractivity contribution in [3.8, 4) is 5.75 Å². The van der Waals surface area contributed by atoms with Gasteiger partial charge in [-0.2, -0.15) is 0 Å². The van der Waals surface area contributed by atoms with E-state index >= 15 is 0 Å². The first-order valence-electron chi connectivity index (χ1n) is 12.6. The number of rotatable bonds is 12. The van der Waals surface area contributed by atoms with E-state index in [-0.39, 0.29) is 17.3 Å². The maximum absolute atomic E-state index is 13.9. The summed E-state index contributed by atoms with van der Waals surface area (Å²) in [5.41, 5.74) is 2.18. The molecule has 0 heterocycles. The normalized spacial score (nSPS) is 11.9. The smallest absolute Gasteiger partial charge is 0.264 e. The fourth-order valence-electron chi connectivity index (χ4n) is 4.22. The van der Waals surface area contributed by atoms with Crippen molar-refractivity contribution >= 4 is 27.5 Å². The van der Waals surface area contributed by atoms with E-state index in [4.69, 9.17) is 4.74 Å². The summed E-state index contributed by atoms with van der Waals surface area (Å²) in [5.74, 6) is -0.210. The van der Waals surface area contributed by atoms with Crippen molar-refractivity contribution in [3.63, 3.8) is 0 Å². The van der Waals surface area contributed by atoms with E-state index in [9.17, 15) is 18.0 Å². The second-order valence-electron chi connectivity index (χ2n) is 8.85. The molecular weight excluding hydrogens is 502 g/mol. The predicted molar refractivity (Wildman–Crippen MR) is 148 cm³/mol. The lowest BCUT2D eigenvalue weighted by atomic mass is 10.1. The topological polar surface area (TPSA) is 96.0 Å². The first-order chi connectivity index (χ1) is 18.2. The number of nitrogens with one attached hydrogen (secondary N) is 1. The molecule has 1 atom stereocenters. The van der Waals surface area contributed by atoms with Crippen LogP contribution in [0.1, 0.15) is 31.4 Å². The molecule has 9 heteroatoms. The van der Waals surface area contributed by atoms with E-state index in [1.54, 1.807) is 42.5 Å². The van der Waals surface area contributed by atoms with Gasteiger partial charge in [0.05, 0.1) is 17.7 Å². The SMILES string of the molecule is CCNC(=O)C(CC)N(Cc1cccc(C)c1)C(=O)CN(c1ccc(OC)cc1)S(=O)(=O)c1ccccc1. The van der Waals surface area contributed by atoms with Gasteiger partial charge in [0, 0.05) is 13.1 Å². The Kier molecular flexibility index (Phi) is 9.90. The Hall–Kier alpha value is -3.85. The second kappa shape index (κ2) is 13.1. The Morgan fingerprint density at radius 3 is 2.21 bits per heavy atom. The number of hydrogen-bond donors (Lipinski definition) is 1. The van der Waals surface area contributed by atoms with Crippen LogP contribution < -0.4 is 14.4 Å². The number of likely N-dealkylation sites (N-methyl/N-ethyl adjacent to an activating group) is 1. The predicted octanol–water partition coefficient (Wildman–Crippen LogP) is 4.14. The highest BCUT2D eigenvalue weighted by molar-refractivity contribution is 7.92. The van der Waals surface area contributed by atoms with Gasteiger partial charge in [0.1, 0.15) is 18.3 Å². The molecule has 38 heavy (non-hydrogen) atoms. The van der Waals surface area contributed by atoms with Gasteiger partial charge in [0.2, 0.25) is 11.8 Å². The van der Waals surface area contributed by atoms with Crippen LogP contribution in [0.2, 0.25) is 0 Å². The number of methoxy groups -OCH3 is 1. The Morgan fingerprint density at radius 2 is 1.63 bits per heavy atom. The van der Waals surface area contributed by atoms with Crippen molar-refractivity contribution in [2.45, 2.75) is 44.7 Å². The summed E-state index contributed by atoms with van der Waals surface area (Å²) >= 11 is 0. The zero-order valence-corrected chi connectivity index (χ0v) is 23.1. The average molecular weight is 538 g/mol. The first-order valence-corrected chi connectivity index (χ1v) is 14.0. The third kappa shape index (κ3) is 6.92. The third-order valence-corrected chi connectivity index (χ3v) is 7.93. The van der Waals surface area contributed by atoms with Crippen LogP contribution >= 0.6 is 0 Å². The molecular formula is C29H35N3O5S. The third-order valence-electron chi connectivity index (χ3n) is 6.14. The molecule has 1 N–H and O–H groups in total. The average Bonchev–Trinajstić information content (AvgIpc) is 2.92. The molecule has 0 bridgehead atoms. The van der Waals surface area contributed by atoms with Gasteiger partial charge in [-0.1, -0.05) is 55.0 Å². The summed E-state index contributed by atoms with van der Waals surface area (Å²) in [7, 11) is -2.58. The van der Waals surface area contributed by atoms with E-state index in [2.05, 4.69) is 5.32 Å². The number of carbonyl (C=O) groups is 2. The van der Waals surface area contributed by atoms with Gasteiger partial charge in [-0.15, -0.1) is 0 Å². The molecule has 0 aliphatic heterocycles. The van der Waals surface area contributed by atoms with Crippen LogP contribution in [0.3, 0.4) is 0 Å². The Bertz CT molecular complexity index is 1330. The molecule has 0 aromatic heterocycles. The van der Waals surface area contributed by atoms with E-state index in [0.29, 0.717) is 24.4 Å². The number of sulfonamides is 1. The number of aryl methyl sites for hydroxylation is 1. The molecule has 0 spiro atoms. The molecule has 2 amide bonds. The monoisotopic (exact) mass is 537 g/mol. The molecule has 0 radical (unpaired) electrons. The minimum absolute atomic E-state index is 0.0598. The number of amides is 2. The zero-order chi connectivity index (χ0) is 27.7. The fourth-order valence-corrected chi connectivity index (χ4v) is 5.65. The standard InChI is InChI=1S/C29H35N3O5S/c1-5-27(29(34)30-6-2)31(20-23-12-10-11-22(3)19-23)28(33)21-32(24-15-17-25(37-4)18-16-24)38(35,36)26-13-8-7-9-14-26/h7-19,27H,5-6,20-21H2,1-4H3,(H,30,34). The number of anilines is 1. The number of carbonyl (C=O) groups excluding carboxylic acids is 2. The number of ether oxygens (including phenoxy) is 1. The van der Waals surface area contributed by atoms with Gasteiger partial charge in [0.15, 0.2) is 0 Å². The Balaban J connectivity index is 2.05. The molecule has 8 nitrogen and oxygen atoms in total. The molecule has 3 rings (SSSR count). The second-order valence-corrected chi connectivity index (χ2v) is 10.7. The van der Waals surface area contributed by atoms with Gasteiger partial charge in [-0.25, -0.2) is 8.42 Å². The van der Waals surface area contributed by atoms with E-state index < -0.39 is 28.5 Å². The van der Waals surface area contributed by atoms with Crippen molar-refractivity contribution in [3.05, 3.63) is 90.0 Å². The van der Waals surface area contributed by atoms with Gasteiger partial charge < -0.3 is 15.0 Å². The van der Waals surface area contributed by atoms with Crippen LogP contribution in [0.15, 0.2) is 83.8 Å². The summed E-state index contributed by atoms with van der Waals surface area (Å²) in [6.07, 6.45) is 0.372. The van der Waals surface area contributed by atoms with Crippen LogP contribution in [0.5, 0.6) is 5.75 Å². The summed E-state index contributed by atoms with van der Waals surface area (Å²) in [6.45, 7) is 5.70. The lowest BCUT2D eigenvalue weighted by Crippen LogP contribution is -2.52. The maximum Gasteiger partial charge on any atom is 0.264 e. The summed E-state index contributed by atoms with van der Waals surface area (Å²) in [5, 5.41) is 2.80.